The molecule has 5 nitrogen and oxygen atoms in total. The Morgan fingerprint density at radius 3 is 2.83 bits per heavy atom. The average molecular weight is 346 g/mol. The number of nitrogens with zero attached hydrogens (tertiary/aromatic N) is 1. The van der Waals surface area contributed by atoms with Gasteiger partial charge in [0.1, 0.15) is 5.82 Å². The largest absolute Gasteiger partial charge is 0.417 e. The van der Waals surface area contributed by atoms with Crippen molar-refractivity contribution in [2.75, 3.05) is 5.32 Å². The molecule has 122 valence electrons. The number of hydrogen-bond donors (Lipinski definition) is 2. The molecule has 2 N–H and O–H groups in total. The number of benzene rings is 2. The van der Waals surface area contributed by atoms with Gasteiger partial charge in [-0.1, -0.05) is 29.8 Å². The van der Waals surface area contributed by atoms with Crippen LogP contribution in [0.5, 0.6) is 5.75 Å². The third-order valence-electron chi connectivity index (χ3n) is 3.39. The molecular formula is C17H13ClFN3O2. The third-order valence-corrected chi connectivity index (χ3v) is 3.79. The fourth-order valence-electron chi connectivity index (χ4n) is 2.23. The molecule has 3 aromatic rings. The van der Waals surface area contributed by atoms with Gasteiger partial charge in [0, 0.05) is 16.1 Å². The Hall–Kier alpha value is -2.86. The number of amides is 1. The molecule has 0 bridgehead atoms. The van der Waals surface area contributed by atoms with Gasteiger partial charge in [-0.05, 0) is 30.7 Å². The molecule has 0 aliphatic carbocycles. The Morgan fingerprint density at radius 1 is 1.29 bits per heavy atom. The van der Waals surface area contributed by atoms with E-state index >= 15 is 0 Å². The van der Waals surface area contributed by atoms with Crippen LogP contribution in [0.1, 0.15) is 5.56 Å². The van der Waals surface area contributed by atoms with Gasteiger partial charge >= 0.3 is 6.09 Å². The molecule has 0 saturated heterocycles. The van der Waals surface area contributed by atoms with Gasteiger partial charge in [-0.3, -0.25) is 10.4 Å². The van der Waals surface area contributed by atoms with Crippen molar-refractivity contribution in [3.05, 3.63) is 65.2 Å². The average Bonchev–Trinajstić information content (AvgIpc) is 3.04. The Bertz CT molecular complexity index is 882. The van der Waals surface area contributed by atoms with E-state index in [1.807, 2.05) is 0 Å². The maximum Gasteiger partial charge on any atom is 0.417 e. The predicted molar refractivity (Wildman–Crippen MR) is 89.8 cm³/mol. The number of rotatable bonds is 3. The van der Waals surface area contributed by atoms with Crippen LogP contribution in [0.15, 0.2) is 48.8 Å². The minimum Gasteiger partial charge on any atom is -0.407 e. The van der Waals surface area contributed by atoms with E-state index < -0.39 is 11.9 Å². The predicted octanol–water partition coefficient (Wildman–Crippen LogP) is 4.79. The highest BCUT2D eigenvalue weighted by Gasteiger charge is 2.14. The number of anilines is 1. The van der Waals surface area contributed by atoms with Gasteiger partial charge in [0.25, 0.3) is 0 Å². The molecule has 24 heavy (non-hydrogen) atoms. The highest BCUT2D eigenvalue weighted by molar-refractivity contribution is 6.31. The molecular weight excluding hydrogens is 333 g/mol. The van der Waals surface area contributed by atoms with Gasteiger partial charge < -0.3 is 4.74 Å². The van der Waals surface area contributed by atoms with E-state index in [1.165, 1.54) is 18.5 Å². The van der Waals surface area contributed by atoms with Crippen LogP contribution in [0.25, 0.3) is 11.1 Å². The molecule has 0 atom stereocenters. The summed E-state index contributed by atoms with van der Waals surface area (Å²) in [6.45, 7) is 1.79. The number of aryl methyl sites for hydroxylation is 1. The number of ether oxygens (including phenoxy) is 1. The molecule has 0 saturated carbocycles. The Morgan fingerprint density at radius 2 is 2.08 bits per heavy atom. The second-order valence-electron chi connectivity index (χ2n) is 5.08. The molecule has 3 rings (SSSR count). The number of carbonyl (C=O) groups excluding carboxylic acids is 1. The summed E-state index contributed by atoms with van der Waals surface area (Å²) < 4.78 is 19.4. The van der Waals surface area contributed by atoms with E-state index in [9.17, 15) is 9.18 Å². The maximum absolute atomic E-state index is 14.3. The molecule has 1 aromatic heterocycles. The van der Waals surface area contributed by atoms with Crippen LogP contribution in [0.3, 0.4) is 0 Å². The highest BCUT2D eigenvalue weighted by Crippen LogP contribution is 2.33. The number of aromatic amines is 1. The Balaban J connectivity index is 1.91. The standard InChI is InChI=1S/C17H13ClFN3O2/c1-10-6-13(15(19)7-14(10)18)12-4-2-3-5-16(12)22-17(23)24-11-8-20-21-9-11/h2-9H,1H3,(H,20,21)(H,22,23). The van der Waals surface area contributed by atoms with E-state index in [1.54, 1.807) is 37.3 Å². The molecule has 0 radical (unpaired) electrons. The van der Waals surface area contributed by atoms with Gasteiger partial charge in [0.15, 0.2) is 5.75 Å². The van der Waals surface area contributed by atoms with E-state index in [0.717, 1.165) is 5.56 Å². The van der Waals surface area contributed by atoms with Crippen molar-refractivity contribution in [1.29, 1.82) is 0 Å². The first-order chi connectivity index (χ1) is 11.5. The van der Waals surface area contributed by atoms with Crippen molar-refractivity contribution in [3.8, 4) is 16.9 Å². The van der Waals surface area contributed by atoms with Crippen molar-refractivity contribution in [2.45, 2.75) is 6.92 Å². The first-order valence-electron chi connectivity index (χ1n) is 7.07. The van der Waals surface area contributed by atoms with E-state index in [4.69, 9.17) is 16.3 Å². The van der Waals surface area contributed by atoms with Gasteiger partial charge in [0.2, 0.25) is 0 Å². The second kappa shape index (κ2) is 6.72. The van der Waals surface area contributed by atoms with E-state index in [0.29, 0.717) is 21.8 Å². The van der Waals surface area contributed by atoms with E-state index in [-0.39, 0.29) is 5.75 Å². The number of carbonyl (C=O) groups is 1. The maximum atomic E-state index is 14.3. The molecule has 1 amide bonds. The molecule has 7 heteroatoms. The summed E-state index contributed by atoms with van der Waals surface area (Å²) in [4.78, 5) is 12.0. The minimum atomic E-state index is -0.699. The monoisotopic (exact) mass is 345 g/mol. The van der Waals surface area contributed by atoms with Gasteiger partial charge in [-0.15, -0.1) is 0 Å². The SMILES string of the molecule is Cc1cc(-c2ccccc2NC(=O)Oc2cn[nH]c2)c(F)cc1Cl. The van der Waals surface area contributed by atoms with Gasteiger partial charge in [-0.2, -0.15) is 5.10 Å². The normalized spacial score (nSPS) is 10.5. The first-order valence-corrected chi connectivity index (χ1v) is 7.45. The Kier molecular flexibility index (Phi) is 4.48. The molecule has 0 spiro atoms. The fourth-order valence-corrected chi connectivity index (χ4v) is 2.38. The number of hydrogen-bond acceptors (Lipinski definition) is 3. The van der Waals surface area contributed by atoms with Crippen molar-refractivity contribution in [3.63, 3.8) is 0 Å². The fraction of sp³-hybridized carbons (Fsp3) is 0.0588. The molecule has 2 aromatic carbocycles. The number of halogens is 2. The lowest BCUT2D eigenvalue weighted by molar-refractivity contribution is 0.215. The lowest BCUT2D eigenvalue weighted by Gasteiger charge is -2.13. The van der Waals surface area contributed by atoms with Crippen molar-refractivity contribution in [1.82, 2.24) is 10.2 Å². The summed E-state index contributed by atoms with van der Waals surface area (Å²) in [6, 6.07) is 9.75. The van der Waals surface area contributed by atoms with Crippen LogP contribution in [0, 0.1) is 12.7 Å². The summed E-state index contributed by atoms with van der Waals surface area (Å²) in [6.07, 6.45) is 2.11. The minimum absolute atomic E-state index is 0.276. The second-order valence-corrected chi connectivity index (χ2v) is 5.48. The summed E-state index contributed by atoms with van der Waals surface area (Å²) in [5, 5.41) is 9.18. The zero-order valence-corrected chi connectivity index (χ0v) is 13.4. The van der Waals surface area contributed by atoms with Crippen LogP contribution in [0.4, 0.5) is 14.9 Å². The Labute approximate surface area is 142 Å². The summed E-state index contributed by atoms with van der Waals surface area (Å²) in [7, 11) is 0. The van der Waals surface area contributed by atoms with Crippen LogP contribution in [-0.4, -0.2) is 16.3 Å². The number of aromatic nitrogens is 2. The van der Waals surface area contributed by atoms with E-state index in [2.05, 4.69) is 15.5 Å². The number of H-pyrrole nitrogens is 1. The van der Waals surface area contributed by atoms with Gasteiger partial charge in [0.05, 0.1) is 18.1 Å². The summed E-state index contributed by atoms with van der Waals surface area (Å²) in [5.41, 5.74) is 2.03. The number of nitrogens with one attached hydrogen (secondary N) is 2. The summed E-state index contributed by atoms with van der Waals surface area (Å²) >= 11 is 5.94. The highest BCUT2D eigenvalue weighted by atomic mass is 35.5. The zero-order valence-electron chi connectivity index (χ0n) is 12.6. The summed E-state index contributed by atoms with van der Waals surface area (Å²) in [5.74, 6) is -0.193. The molecule has 1 heterocycles. The molecule has 0 unspecified atom stereocenters. The van der Waals surface area contributed by atoms with Crippen LogP contribution in [0.2, 0.25) is 5.02 Å². The molecule has 0 aliphatic heterocycles. The zero-order chi connectivity index (χ0) is 17.1. The van der Waals surface area contributed by atoms with Crippen molar-refractivity contribution in [2.24, 2.45) is 0 Å². The van der Waals surface area contributed by atoms with Crippen LogP contribution >= 0.6 is 11.6 Å². The van der Waals surface area contributed by atoms with Crippen LogP contribution < -0.4 is 10.1 Å². The smallest absolute Gasteiger partial charge is 0.407 e. The molecule has 0 aliphatic rings. The first kappa shape index (κ1) is 16.0. The quantitative estimate of drug-likeness (QED) is 0.717. The van der Waals surface area contributed by atoms with Crippen molar-refractivity contribution >= 4 is 23.4 Å². The lowest BCUT2D eigenvalue weighted by atomic mass is 10.0. The number of para-hydroxylation sites is 1. The lowest BCUT2D eigenvalue weighted by Crippen LogP contribution is -2.17. The van der Waals surface area contributed by atoms with Crippen LogP contribution in [-0.2, 0) is 0 Å². The third kappa shape index (κ3) is 3.38. The van der Waals surface area contributed by atoms with Gasteiger partial charge in [-0.25, -0.2) is 9.18 Å². The molecule has 0 fully saturated rings. The van der Waals surface area contributed by atoms with Crippen molar-refractivity contribution < 1.29 is 13.9 Å². The topological polar surface area (TPSA) is 67.0 Å².